The number of ether oxygens (including phenoxy) is 1. The van der Waals surface area contributed by atoms with Crippen LogP contribution in [0, 0.1) is 10.1 Å². The van der Waals surface area contributed by atoms with Crippen LogP contribution >= 0.6 is 0 Å². The number of furan rings is 1. The van der Waals surface area contributed by atoms with Crippen LogP contribution in [0.4, 0.5) is 11.8 Å². The summed E-state index contributed by atoms with van der Waals surface area (Å²) in [6, 6.07) is 10.2. The van der Waals surface area contributed by atoms with E-state index in [-0.39, 0.29) is 11.7 Å². The molecule has 0 unspecified atom stereocenters. The standard InChI is InChI=1S/C19H19N5O5/c1-28-15-4-2-3-14(13-15)23-8-7-20-19(23)22-11-9-21(10-12-22)18(25)16-5-6-17(29-16)24(26)27/h2-8,13H,9-12H2,1H3. The third kappa shape index (κ3) is 3.64. The van der Waals surface area contributed by atoms with Crippen LogP contribution in [-0.2, 0) is 0 Å². The Labute approximate surface area is 166 Å². The quantitative estimate of drug-likeness (QED) is 0.480. The molecule has 29 heavy (non-hydrogen) atoms. The molecule has 3 aromatic rings. The van der Waals surface area contributed by atoms with E-state index in [1.165, 1.54) is 12.1 Å². The van der Waals surface area contributed by atoms with E-state index in [4.69, 9.17) is 9.15 Å². The molecule has 2 aromatic heterocycles. The number of carbonyl (C=O) groups is 1. The van der Waals surface area contributed by atoms with Gasteiger partial charge >= 0.3 is 5.88 Å². The lowest BCUT2D eigenvalue weighted by Gasteiger charge is -2.35. The predicted octanol–water partition coefficient (Wildman–Crippen LogP) is 2.34. The summed E-state index contributed by atoms with van der Waals surface area (Å²) in [5.41, 5.74) is 0.929. The number of rotatable bonds is 5. The second kappa shape index (κ2) is 7.66. The van der Waals surface area contributed by atoms with Crippen molar-refractivity contribution in [2.75, 3.05) is 38.2 Å². The Morgan fingerprint density at radius 1 is 1.21 bits per heavy atom. The molecule has 0 spiro atoms. The van der Waals surface area contributed by atoms with Crippen LogP contribution in [0.5, 0.6) is 5.75 Å². The Morgan fingerprint density at radius 2 is 2.00 bits per heavy atom. The molecule has 0 aliphatic carbocycles. The molecule has 1 saturated heterocycles. The Kier molecular flexibility index (Phi) is 4.90. The Morgan fingerprint density at radius 3 is 2.69 bits per heavy atom. The second-order valence-corrected chi connectivity index (χ2v) is 6.47. The van der Waals surface area contributed by atoms with Crippen LogP contribution in [0.1, 0.15) is 10.6 Å². The van der Waals surface area contributed by atoms with Gasteiger partial charge in [-0.2, -0.15) is 0 Å². The average molecular weight is 397 g/mol. The first-order valence-electron chi connectivity index (χ1n) is 9.03. The van der Waals surface area contributed by atoms with Gasteiger partial charge in [0.1, 0.15) is 10.7 Å². The highest BCUT2D eigenvalue weighted by molar-refractivity contribution is 5.92. The number of benzene rings is 1. The van der Waals surface area contributed by atoms with Crippen molar-refractivity contribution in [3.8, 4) is 11.4 Å². The molecule has 0 saturated carbocycles. The smallest absolute Gasteiger partial charge is 0.433 e. The SMILES string of the molecule is COc1cccc(-n2ccnc2N2CCN(C(=O)c3ccc([N+](=O)[O-])o3)CC2)c1. The number of nitrogens with zero attached hydrogens (tertiary/aromatic N) is 5. The van der Waals surface area contributed by atoms with Crippen LogP contribution in [0.2, 0.25) is 0 Å². The maximum absolute atomic E-state index is 12.5. The van der Waals surface area contributed by atoms with Crippen molar-refractivity contribution in [1.29, 1.82) is 0 Å². The van der Waals surface area contributed by atoms with Gasteiger partial charge in [0.2, 0.25) is 5.95 Å². The zero-order chi connectivity index (χ0) is 20.4. The van der Waals surface area contributed by atoms with Crippen LogP contribution in [0.15, 0.2) is 53.2 Å². The van der Waals surface area contributed by atoms with E-state index in [2.05, 4.69) is 9.88 Å². The minimum Gasteiger partial charge on any atom is -0.497 e. The van der Waals surface area contributed by atoms with E-state index in [1.807, 2.05) is 35.0 Å². The zero-order valence-electron chi connectivity index (χ0n) is 15.7. The van der Waals surface area contributed by atoms with Gasteiger partial charge in [-0.05, 0) is 18.2 Å². The van der Waals surface area contributed by atoms with Gasteiger partial charge in [0.15, 0.2) is 5.76 Å². The number of imidazole rings is 1. The fraction of sp³-hybridized carbons (Fsp3) is 0.263. The summed E-state index contributed by atoms with van der Waals surface area (Å²) in [7, 11) is 1.62. The second-order valence-electron chi connectivity index (χ2n) is 6.47. The lowest BCUT2D eigenvalue weighted by Crippen LogP contribution is -2.49. The number of anilines is 1. The number of hydrogen-bond acceptors (Lipinski definition) is 7. The van der Waals surface area contributed by atoms with Crippen molar-refractivity contribution in [2.24, 2.45) is 0 Å². The van der Waals surface area contributed by atoms with E-state index in [1.54, 1.807) is 18.2 Å². The van der Waals surface area contributed by atoms with E-state index in [9.17, 15) is 14.9 Å². The topological polar surface area (TPSA) is 107 Å². The molecule has 10 nitrogen and oxygen atoms in total. The zero-order valence-corrected chi connectivity index (χ0v) is 15.7. The van der Waals surface area contributed by atoms with Crippen molar-refractivity contribution in [2.45, 2.75) is 0 Å². The van der Waals surface area contributed by atoms with Crippen molar-refractivity contribution in [3.05, 3.63) is 64.7 Å². The first-order valence-corrected chi connectivity index (χ1v) is 9.03. The molecule has 1 fully saturated rings. The summed E-state index contributed by atoms with van der Waals surface area (Å²) in [6.07, 6.45) is 3.61. The third-order valence-electron chi connectivity index (χ3n) is 4.78. The van der Waals surface area contributed by atoms with Crippen molar-refractivity contribution >= 4 is 17.7 Å². The molecule has 1 aromatic carbocycles. The molecular formula is C19H19N5O5. The first-order chi connectivity index (χ1) is 14.1. The Balaban J connectivity index is 1.46. The lowest BCUT2D eigenvalue weighted by atomic mass is 10.3. The van der Waals surface area contributed by atoms with Gasteiger partial charge < -0.3 is 19.0 Å². The fourth-order valence-electron chi connectivity index (χ4n) is 3.30. The number of hydrogen-bond donors (Lipinski definition) is 0. The highest BCUT2D eigenvalue weighted by atomic mass is 16.6. The number of aromatic nitrogens is 2. The van der Waals surface area contributed by atoms with Gasteiger partial charge in [-0.15, -0.1) is 0 Å². The number of carbonyl (C=O) groups excluding carboxylic acids is 1. The van der Waals surface area contributed by atoms with Gasteiger partial charge in [-0.25, -0.2) is 4.98 Å². The number of nitro groups is 1. The molecule has 1 amide bonds. The van der Waals surface area contributed by atoms with E-state index in [0.29, 0.717) is 26.2 Å². The normalized spacial score (nSPS) is 14.1. The molecule has 3 heterocycles. The minimum absolute atomic E-state index is 0.0250. The monoisotopic (exact) mass is 397 g/mol. The molecule has 4 rings (SSSR count). The molecule has 0 N–H and O–H groups in total. The van der Waals surface area contributed by atoms with E-state index in [0.717, 1.165) is 17.4 Å². The summed E-state index contributed by atoms with van der Waals surface area (Å²) >= 11 is 0. The molecular weight excluding hydrogens is 378 g/mol. The average Bonchev–Trinajstić information content (AvgIpc) is 3.43. The van der Waals surface area contributed by atoms with Gasteiger partial charge in [-0.3, -0.25) is 19.5 Å². The van der Waals surface area contributed by atoms with E-state index < -0.39 is 10.8 Å². The summed E-state index contributed by atoms with van der Waals surface area (Å²) in [4.78, 5) is 30.8. The molecule has 0 radical (unpaired) electrons. The summed E-state index contributed by atoms with van der Waals surface area (Å²) in [5.74, 6) is 0.716. The van der Waals surface area contributed by atoms with Gasteiger partial charge in [0, 0.05) is 44.6 Å². The van der Waals surface area contributed by atoms with Crippen LogP contribution in [0.25, 0.3) is 5.69 Å². The van der Waals surface area contributed by atoms with Crippen LogP contribution in [0.3, 0.4) is 0 Å². The highest BCUT2D eigenvalue weighted by Crippen LogP contribution is 2.23. The van der Waals surface area contributed by atoms with Crippen molar-refractivity contribution < 1.29 is 18.9 Å². The summed E-state index contributed by atoms with van der Waals surface area (Å²) in [5, 5.41) is 10.7. The molecule has 150 valence electrons. The maximum atomic E-state index is 12.5. The molecule has 1 aliphatic rings. The van der Waals surface area contributed by atoms with Gasteiger partial charge in [-0.1, -0.05) is 6.07 Å². The maximum Gasteiger partial charge on any atom is 0.433 e. The molecule has 10 heteroatoms. The summed E-state index contributed by atoms with van der Waals surface area (Å²) < 4.78 is 12.3. The lowest BCUT2D eigenvalue weighted by molar-refractivity contribution is -0.402. The number of piperazine rings is 1. The van der Waals surface area contributed by atoms with Crippen molar-refractivity contribution in [3.63, 3.8) is 0 Å². The minimum atomic E-state index is -0.660. The van der Waals surface area contributed by atoms with Gasteiger partial charge in [0.05, 0.1) is 18.9 Å². The number of methoxy groups -OCH3 is 1. The molecule has 1 aliphatic heterocycles. The first kappa shape index (κ1) is 18.5. The third-order valence-corrected chi connectivity index (χ3v) is 4.78. The van der Waals surface area contributed by atoms with Gasteiger partial charge in [0.25, 0.3) is 5.91 Å². The summed E-state index contributed by atoms with van der Waals surface area (Å²) in [6.45, 7) is 2.07. The largest absolute Gasteiger partial charge is 0.497 e. The molecule has 0 atom stereocenters. The van der Waals surface area contributed by atoms with Crippen LogP contribution in [-0.4, -0.2) is 58.6 Å². The fourth-order valence-corrected chi connectivity index (χ4v) is 3.30. The van der Waals surface area contributed by atoms with E-state index >= 15 is 0 Å². The van der Waals surface area contributed by atoms with Crippen LogP contribution < -0.4 is 9.64 Å². The Hall–Kier alpha value is -3.82. The Bertz CT molecular complexity index is 1040. The predicted molar refractivity (Wildman–Crippen MR) is 104 cm³/mol. The van der Waals surface area contributed by atoms with Crippen molar-refractivity contribution in [1.82, 2.24) is 14.5 Å². The number of amides is 1. The molecule has 0 bridgehead atoms. The highest BCUT2D eigenvalue weighted by Gasteiger charge is 2.27.